The van der Waals surface area contributed by atoms with E-state index in [9.17, 15) is 8.42 Å². The highest BCUT2D eigenvalue weighted by atomic mass is 32.2. The SMILES string of the molecule is CCCNCc1ccc(S(=O)(=O)NC(C)COC)cc1. The molecular weight excluding hydrogens is 276 g/mol. The van der Waals surface area contributed by atoms with Crippen molar-refractivity contribution in [2.45, 2.75) is 37.8 Å². The minimum atomic E-state index is -3.47. The second-order valence-corrected chi connectivity index (χ2v) is 6.51. The molecule has 1 aromatic rings. The van der Waals surface area contributed by atoms with E-state index in [1.807, 2.05) is 12.1 Å². The van der Waals surface area contributed by atoms with Gasteiger partial charge in [-0.2, -0.15) is 0 Å². The van der Waals surface area contributed by atoms with Gasteiger partial charge in [-0.1, -0.05) is 19.1 Å². The van der Waals surface area contributed by atoms with Gasteiger partial charge in [-0.3, -0.25) is 0 Å². The predicted octanol–water partition coefficient (Wildman–Crippen LogP) is 1.50. The van der Waals surface area contributed by atoms with Crippen LogP contribution in [0.25, 0.3) is 0 Å². The van der Waals surface area contributed by atoms with E-state index in [1.165, 1.54) is 0 Å². The molecule has 1 rings (SSSR count). The summed E-state index contributed by atoms with van der Waals surface area (Å²) < 4.78 is 31.7. The van der Waals surface area contributed by atoms with Crippen LogP contribution in [0, 0.1) is 0 Å². The Kier molecular flexibility index (Phi) is 7.15. The second-order valence-electron chi connectivity index (χ2n) is 4.80. The van der Waals surface area contributed by atoms with E-state index in [0.717, 1.165) is 25.1 Å². The Bertz CT molecular complexity index is 486. The van der Waals surface area contributed by atoms with Crippen LogP contribution in [0.3, 0.4) is 0 Å². The second kappa shape index (κ2) is 8.36. The molecule has 0 bridgehead atoms. The van der Waals surface area contributed by atoms with Crippen LogP contribution in [0.1, 0.15) is 25.8 Å². The molecule has 0 aromatic heterocycles. The van der Waals surface area contributed by atoms with Crippen molar-refractivity contribution in [3.05, 3.63) is 29.8 Å². The van der Waals surface area contributed by atoms with Crippen LogP contribution >= 0.6 is 0 Å². The van der Waals surface area contributed by atoms with Crippen LogP contribution in [-0.2, 0) is 21.3 Å². The maximum atomic E-state index is 12.1. The zero-order valence-corrected chi connectivity index (χ0v) is 13.2. The van der Waals surface area contributed by atoms with Gasteiger partial charge in [0, 0.05) is 19.7 Å². The highest BCUT2D eigenvalue weighted by Gasteiger charge is 2.16. The van der Waals surface area contributed by atoms with E-state index in [2.05, 4.69) is 17.0 Å². The van der Waals surface area contributed by atoms with Gasteiger partial charge in [0.15, 0.2) is 0 Å². The molecule has 0 aliphatic rings. The van der Waals surface area contributed by atoms with E-state index in [4.69, 9.17) is 4.74 Å². The number of hydrogen-bond donors (Lipinski definition) is 2. The van der Waals surface area contributed by atoms with Crippen molar-refractivity contribution in [3.63, 3.8) is 0 Å². The summed E-state index contributed by atoms with van der Waals surface area (Å²) in [5, 5.41) is 3.28. The van der Waals surface area contributed by atoms with Crippen molar-refractivity contribution < 1.29 is 13.2 Å². The lowest BCUT2D eigenvalue weighted by Crippen LogP contribution is -2.35. The van der Waals surface area contributed by atoms with Gasteiger partial charge in [0.2, 0.25) is 10.0 Å². The van der Waals surface area contributed by atoms with Crippen LogP contribution in [0.15, 0.2) is 29.2 Å². The molecule has 0 amide bonds. The first-order chi connectivity index (χ1) is 9.49. The quantitative estimate of drug-likeness (QED) is 0.678. The van der Waals surface area contributed by atoms with Crippen molar-refractivity contribution >= 4 is 10.0 Å². The summed E-state index contributed by atoms with van der Waals surface area (Å²) in [6.07, 6.45) is 1.08. The van der Waals surface area contributed by atoms with Crippen LogP contribution in [0.4, 0.5) is 0 Å². The van der Waals surface area contributed by atoms with Crippen molar-refractivity contribution in [3.8, 4) is 0 Å². The van der Waals surface area contributed by atoms with Crippen LogP contribution in [0.5, 0.6) is 0 Å². The number of rotatable bonds is 9. The van der Waals surface area contributed by atoms with Gasteiger partial charge in [0.1, 0.15) is 0 Å². The van der Waals surface area contributed by atoms with E-state index >= 15 is 0 Å². The van der Waals surface area contributed by atoms with Crippen LogP contribution in [-0.4, -0.2) is 34.7 Å². The van der Waals surface area contributed by atoms with Crippen molar-refractivity contribution in [1.29, 1.82) is 0 Å². The first-order valence-electron chi connectivity index (χ1n) is 6.80. The molecule has 0 spiro atoms. The number of benzene rings is 1. The molecule has 114 valence electrons. The first kappa shape index (κ1) is 17.1. The van der Waals surface area contributed by atoms with Gasteiger partial charge in [-0.25, -0.2) is 13.1 Å². The standard InChI is InChI=1S/C14H24N2O3S/c1-4-9-15-10-13-5-7-14(8-6-13)20(17,18)16-12(2)11-19-3/h5-8,12,15-16H,4,9-11H2,1-3H3. The molecule has 5 nitrogen and oxygen atoms in total. The zero-order chi connectivity index (χ0) is 15.0. The Balaban J connectivity index is 2.66. The largest absolute Gasteiger partial charge is 0.383 e. The monoisotopic (exact) mass is 300 g/mol. The Hall–Kier alpha value is -0.950. The molecule has 0 aliphatic carbocycles. The normalized spacial score (nSPS) is 13.3. The Morgan fingerprint density at radius 2 is 1.90 bits per heavy atom. The van der Waals surface area contributed by atoms with Crippen molar-refractivity contribution in [2.24, 2.45) is 0 Å². The summed E-state index contributed by atoms with van der Waals surface area (Å²) in [4.78, 5) is 0.277. The smallest absolute Gasteiger partial charge is 0.240 e. The first-order valence-corrected chi connectivity index (χ1v) is 8.29. The number of methoxy groups -OCH3 is 1. The molecule has 1 unspecified atom stereocenters. The van der Waals surface area contributed by atoms with Gasteiger partial charge in [-0.15, -0.1) is 0 Å². The van der Waals surface area contributed by atoms with Crippen LogP contribution < -0.4 is 10.0 Å². The number of sulfonamides is 1. The number of nitrogens with one attached hydrogen (secondary N) is 2. The lowest BCUT2D eigenvalue weighted by Gasteiger charge is -2.13. The fourth-order valence-electron chi connectivity index (χ4n) is 1.81. The highest BCUT2D eigenvalue weighted by molar-refractivity contribution is 7.89. The third kappa shape index (κ3) is 5.58. The molecule has 20 heavy (non-hydrogen) atoms. The molecule has 0 heterocycles. The summed E-state index contributed by atoms with van der Waals surface area (Å²) in [7, 11) is -1.93. The van der Waals surface area contributed by atoms with E-state index in [0.29, 0.717) is 6.61 Å². The average molecular weight is 300 g/mol. The molecule has 1 atom stereocenters. The summed E-state index contributed by atoms with van der Waals surface area (Å²) >= 11 is 0. The molecule has 0 saturated heterocycles. The summed E-state index contributed by atoms with van der Waals surface area (Å²) in [6, 6.07) is 6.67. The minimum absolute atomic E-state index is 0.254. The van der Waals surface area contributed by atoms with Gasteiger partial charge in [-0.05, 0) is 37.6 Å². The lowest BCUT2D eigenvalue weighted by atomic mass is 10.2. The number of hydrogen-bond acceptors (Lipinski definition) is 4. The third-order valence-corrected chi connectivity index (χ3v) is 4.37. The average Bonchev–Trinajstić information content (AvgIpc) is 2.39. The Morgan fingerprint density at radius 1 is 1.25 bits per heavy atom. The molecule has 2 N–H and O–H groups in total. The maximum absolute atomic E-state index is 12.1. The van der Waals surface area contributed by atoms with Gasteiger partial charge < -0.3 is 10.1 Å². The van der Waals surface area contributed by atoms with Gasteiger partial charge >= 0.3 is 0 Å². The summed E-state index contributed by atoms with van der Waals surface area (Å²) in [5.74, 6) is 0. The van der Waals surface area contributed by atoms with E-state index < -0.39 is 10.0 Å². The molecular formula is C14H24N2O3S. The Labute approximate surface area is 121 Å². The lowest BCUT2D eigenvalue weighted by molar-refractivity contribution is 0.180. The molecule has 6 heteroatoms. The summed E-state index contributed by atoms with van der Waals surface area (Å²) in [6.45, 7) is 5.93. The zero-order valence-electron chi connectivity index (χ0n) is 12.3. The molecule has 0 fully saturated rings. The molecule has 0 aliphatic heterocycles. The van der Waals surface area contributed by atoms with Crippen molar-refractivity contribution in [2.75, 3.05) is 20.3 Å². The highest BCUT2D eigenvalue weighted by Crippen LogP contribution is 2.11. The summed E-state index contributed by atoms with van der Waals surface area (Å²) in [5.41, 5.74) is 1.07. The number of ether oxygens (including phenoxy) is 1. The fourth-order valence-corrected chi connectivity index (χ4v) is 3.04. The van der Waals surface area contributed by atoms with Gasteiger partial charge in [0.05, 0.1) is 11.5 Å². The minimum Gasteiger partial charge on any atom is -0.383 e. The maximum Gasteiger partial charge on any atom is 0.240 e. The molecule has 0 saturated carbocycles. The molecule has 0 radical (unpaired) electrons. The fraction of sp³-hybridized carbons (Fsp3) is 0.571. The van der Waals surface area contributed by atoms with Crippen LogP contribution in [0.2, 0.25) is 0 Å². The van der Waals surface area contributed by atoms with Gasteiger partial charge in [0.25, 0.3) is 0 Å². The molecule has 1 aromatic carbocycles. The topological polar surface area (TPSA) is 67.4 Å². The third-order valence-electron chi connectivity index (χ3n) is 2.76. The van der Waals surface area contributed by atoms with Crippen molar-refractivity contribution in [1.82, 2.24) is 10.0 Å². The predicted molar refractivity (Wildman–Crippen MR) is 80.1 cm³/mol. The van der Waals surface area contributed by atoms with E-state index in [1.54, 1.807) is 26.2 Å². The van der Waals surface area contributed by atoms with E-state index in [-0.39, 0.29) is 10.9 Å². The Morgan fingerprint density at radius 3 is 2.45 bits per heavy atom.